The van der Waals surface area contributed by atoms with Crippen LogP contribution >= 0.6 is 0 Å². The molecule has 4 heteroatoms. The lowest BCUT2D eigenvalue weighted by atomic mass is 9.44. The first-order valence-electron chi connectivity index (χ1n) is 12.5. The molecule has 0 radical (unpaired) electrons. The Morgan fingerprint density at radius 1 is 1.03 bits per heavy atom. The van der Waals surface area contributed by atoms with Crippen LogP contribution in [0.15, 0.2) is 23.3 Å². The van der Waals surface area contributed by atoms with Crippen molar-refractivity contribution in [3.8, 4) is 0 Å². The average molecular weight is 431 g/mol. The highest BCUT2D eigenvalue weighted by atomic mass is 16.3. The van der Waals surface area contributed by atoms with E-state index in [1.54, 1.807) is 0 Å². The van der Waals surface area contributed by atoms with Gasteiger partial charge in [-0.05, 0) is 72.5 Å². The lowest BCUT2D eigenvalue weighted by Gasteiger charge is -2.62. The van der Waals surface area contributed by atoms with Gasteiger partial charge in [-0.3, -0.25) is 4.79 Å². The average Bonchev–Trinajstić information content (AvgIpc) is 3.03. The number of rotatable bonds is 5. The van der Waals surface area contributed by atoms with E-state index in [1.807, 2.05) is 6.92 Å². The second-order valence-electron chi connectivity index (χ2n) is 12.1. The van der Waals surface area contributed by atoms with Crippen LogP contribution in [0.5, 0.6) is 0 Å². The van der Waals surface area contributed by atoms with Gasteiger partial charge in [0, 0.05) is 11.8 Å². The van der Waals surface area contributed by atoms with Gasteiger partial charge in [-0.1, -0.05) is 60.0 Å². The summed E-state index contributed by atoms with van der Waals surface area (Å²) in [5.74, 6) is 1.52. The zero-order valence-corrected chi connectivity index (χ0v) is 20.1. The van der Waals surface area contributed by atoms with Crippen molar-refractivity contribution in [3.05, 3.63) is 23.3 Å². The molecule has 0 aromatic rings. The van der Waals surface area contributed by atoms with E-state index in [0.29, 0.717) is 31.1 Å². The second kappa shape index (κ2) is 7.53. The first-order chi connectivity index (χ1) is 14.4. The van der Waals surface area contributed by atoms with E-state index < -0.39 is 22.7 Å². The molecular weight excluding hydrogens is 388 g/mol. The van der Waals surface area contributed by atoms with Crippen molar-refractivity contribution in [2.24, 2.45) is 28.6 Å². The van der Waals surface area contributed by atoms with Gasteiger partial charge in [-0.2, -0.15) is 0 Å². The summed E-state index contributed by atoms with van der Waals surface area (Å²) in [5, 5.41) is 33.7. The van der Waals surface area contributed by atoms with E-state index in [9.17, 15) is 20.1 Å². The van der Waals surface area contributed by atoms with Crippen molar-refractivity contribution in [2.75, 3.05) is 0 Å². The summed E-state index contributed by atoms with van der Waals surface area (Å²) in [5.41, 5.74) is -2.02. The van der Waals surface area contributed by atoms with Crippen LogP contribution in [0, 0.1) is 28.6 Å². The Morgan fingerprint density at radius 2 is 1.74 bits per heavy atom. The molecule has 31 heavy (non-hydrogen) atoms. The monoisotopic (exact) mass is 430 g/mol. The van der Waals surface area contributed by atoms with Gasteiger partial charge in [-0.25, -0.2) is 0 Å². The maximum atomic E-state index is 13.2. The lowest BCUT2D eigenvalue weighted by molar-refractivity contribution is -0.217. The molecule has 0 amide bonds. The second-order valence-corrected chi connectivity index (χ2v) is 12.1. The minimum Gasteiger partial charge on any atom is -0.393 e. The molecule has 0 spiro atoms. The third kappa shape index (κ3) is 3.15. The molecule has 7 atom stereocenters. The van der Waals surface area contributed by atoms with E-state index in [2.05, 4.69) is 33.8 Å². The Bertz CT molecular complexity index is 812. The van der Waals surface area contributed by atoms with Crippen molar-refractivity contribution in [1.82, 2.24) is 0 Å². The molecule has 0 aromatic carbocycles. The third-order valence-electron chi connectivity index (χ3n) is 9.90. The molecule has 0 aromatic heterocycles. The highest BCUT2D eigenvalue weighted by Gasteiger charge is 2.70. The number of allylic oxidation sites excluding steroid dienone is 1. The number of carbonyl (C=O) groups excluding carboxylic acids is 1. The van der Waals surface area contributed by atoms with E-state index >= 15 is 0 Å². The van der Waals surface area contributed by atoms with Gasteiger partial charge in [0.15, 0.2) is 5.78 Å². The van der Waals surface area contributed by atoms with Gasteiger partial charge in [0.1, 0.15) is 5.60 Å². The summed E-state index contributed by atoms with van der Waals surface area (Å²) >= 11 is 0. The summed E-state index contributed by atoms with van der Waals surface area (Å²) in [6.45, 7) is 11.1. The van der Waals surface area contributed by atoms with Gasteiger partial charge in [0.25, 0.3) is 0 Å². The highest BCUT2D eigenvalue weighted by Crippen LogP contribution is 2.67. The molecule has 174 valence electrons. The maximum Gasteiger partial charge on any atom is 0.188 e. The molecule has 1 unspecified atom stereocenters. The summed E-state index contributed by atoms with van der Waals surface area (Å²) in [4.78, 5) is 13.2. The number of fused-ring (bicyclic) bond motifs is 5. The van der Waals surface area contributed by atoms with Crippen molar-refractivity contribution < 1.29 is 20.1 Å². The van der Waals surface area contributed by atoms with Crippen LogP contribution in [-0.4, -0.2) is 38.4 Å². The Hall–Kier alpha value is -0.970. The predicted octanol–water partition coefficient (Wildman–Crippen LogP) is 4.72. The van der Waals surface area contributed by atoms with Crippen LogP contribution in [0.25, 0.3) is 0 Å². The van der Waals surface area contributed by atoms with Crippen molar-refractivity contribution in [1.29, 1.82) is 0 Å². The molecule has 2 saturated carbocycles. The number of hydrogen-bond donors (Lipinski definition) is 3. The first-order valence-corrected chi connectivity index (χ1v) is 12.5. The molecule has 2 fully saturated rings. The number of carbonyl (C=O) groups is 1. The third-order valence-corrected chi connectivity index (χ3v) is 9.90. The Labute approximate surface area is 187 Å². The summed E-state index contributed by atoms with van der Waals surface area (Å²) < 4.78 is 0. The quantitative estimate of drug-likeness (QED) is 0.590. The van der Waals surface area contributed by atoms with E-state index in [1.165, 1.54) is 25.3 Å². The summed E-state index contributed by atoms with van der Waals surface area (Å²) in [6.07, 6.45) is 10.2. The molecule has 4 aliphatic rings. The Kier molecular flexibility index (Phi) is 5.64. The first kappa shape index (κ1) is 23.2. The van der Waals surface area contributed by atoms with Gasteiger partial charge in [0.05, 0.1) is 11.7 Å². The molecule has 4 rings (SSSR count). The van der Waals surface area contributed by atoms with Crippen LogP contribution in [0.3, 0.4) is 0 Å². The summed E-state index contributed by atoms with van der Waals surface area (Å²) in [6, 6.07) is 0. The minimum absolute atomic E-state index is 0.0141. The molecule has 0 bridgehead atoms. The zero-order chi connectivity index (χ0) is 22.8. The molecule has 0 saturated heterocycles. The van der Waals surface area contributed by atoms with Crippen LogP contribution in [0.1, 0.15) is 92.4 Å². The van der Waals surface area contributed by atoms with Gasteiger partial charge >= 0.3 is 0 Å². The molecule has 0 heterocycles. The van der Waals surface area contributed by atoms with Crippen LogP contribution in [0.4, 0.5) is 0 Å². The number of aliphatic hydroxyl groups is 3. The van der Waals surface area contributed by atoms with Gasteiger partial charge in [-0.15, -0.1) is 0 Å². The standard InChI is InChI=1S/C27H42O4/c1-17(2)7-6-8-18(3)20-9-10-21-22-15-23(29)27(31)16-19(28)11-12-25(27,5)26(22,30)14-13-24(20,21)4/h10,15,17-20,28,30-31H,6-9,11-14,16H2,1-5H3/t18?,19-,20+,24+,25+,26+,27-/m0/s1. The fourth-order valence-corrected chi connectivity index (χ4v) is 7.66. The number of hydrogen-bond acceptors (Lipinski definition) is 4. The highest BCUT2D eigenvalue weighted by molar-refractivity contribution is 6.01. The zero-order valence-electron chi connectivity index (χ0n) is 20.1. The predicted molar refractivity (Wildman–Crippen MR) is 122 cm³/mol. The molecule has 4 aliphatic carbocycles. The Balaban J connectivity index is 1.66. The van der Waals surface area contributed by atoms with Gasteiger partial charge < -0.3 is 15.3 Å². The molecule has 0 aliphatic heterocycles. The smallest absolute Gasteiger partial charge is 0.188 e. The van der Waals surface area contributed by atoms with Crippen molar-refractivity contribution in [2.45, 2.75) is 110 Å². The largest absolute Gasteiger partial charge is 0.393 e. The summed E-state index contributed by atoms with van der Waals surface area (Å²) in [7, 11) is 0. The van der Waals surface area contributed by atoms with Gasteiger partial charge in [0.2, 0.25) is 0 Å². The van der Waals surface area contributed by atoms with E-state index in [4.69, 9.17) is 0 Å². The SMILES string of the molecule is CC(C)CCCC(C)[C@H]1CC=C2C3=CC(=O)[C@@]4(O)C[C@@H](O)CC[C@]4(C)[C@@]3(O)CC[C@@]21C. The van der Waals surface area contributed by atoms with E-state index in [-0.39, 0.29) is 17.6 Å². The number of ketones is 1. The van der Waals surface area contributed by atoms with Crippen molar-refractivity contribution in [3.63, 3.8) is 0 Å². The molecular formula is C27H42O4. The number of aliphatic hydroxyl groups excluding tert-OH is 1. The van der Waals surface area contributed by atoms with Crippen LogP contribution < -0.4 is 0 Å². The Morgan fingerprint density at radius 3 is 2.42 bits per heavy atom. The van der Waals surface area contributed by atoms with E-state index in [0.717, 1.165) is 29.9 Å². The minimum atomic E-state index is -1.70. The lowest BCUT2D eigenvalue weighted by Crippen LogP contribution is -2.71. The fourth-order valence-electron chi connectivity index (χ4n) is 7.66. The maximum absolute atomic E-state index is 13.2. The fraction of sp³-hybridized carbons (Fsp3) is 0.815. The molecule has 4 nitrogen and oxygen atoms in total. The molecule has 3 N–H and O–H groups in total. The van der Waals surface area contributed by atoms with Crippen LogP contribution in [-0.2, 0) is 4.79 Å². The van der Waals surface area contributed by atoms with Crippen LogP contribution in [0.2, 0.25) is 0 Å². The van der Waals surface area contributed by atoms with Crippen molar-refractivity contribution >= 4 is 5.78 Å². The normalized spacial score (nSPS) is 45.5. The topological polar surface area (TPSA) is 77.8 Å².